The molecule has 4 heteroatoms. The molecule has 2 atom stereocenters. The zero-order valence-corrected chi connectivity index (χ0v) is 14.3. The highest BCUT2D eigenvalue weighted by Crippen LogP contribution is 2.25. The van der Waals surface area contributed by atoms with Crippen LogP contribution >= 0.6 is 0 Å². The average Bonchev–Trinajstić information content (AvgIpc) is 2.94. The van der Waals surface area contributed by atoms with Gasteiger partial charge in [-0.1, -0.05) is 50.8 Å². The molecule has 0 bridgehead atoms. The van der Waals surface area contributed by atoms with Crippen LogP contribution in [0, 0.1) is 5.92 Å². The summed E-state index contributed by atoms with van der Waals surface area (Å²) >= 11 is 0. The fourth-order valence-corrected chi connectivity index (χ4v) is 3.05. The van der Waals surface area contributed by atoms with Gasteiger partial charge in [0, 0.05) is 24.7 Å². The molecule has 1 aliphatic rings. The lowest BCUT2D eigenvalue weighted by molar-refractivity contribution is -0.126. The second kappa shape index (κ2) is 8.70. The molecule has 1 heterocycles. The summed E-state index contributed by atoms with van der Waals surface area (Å²) < 4.78 is 0. The molecule has 1 N–H and O–H groups in total. The molecule has 23 heavy (non-hydrogen) atoms. The van der Waals surface area contributed by atoms with Gasteiger partial charge in [0.05, 0.1) is 5.92 Å². The van der Waals surface area contributed by atoms with Crippen LogP contribution in [0.5, 0.6) is 0 Å². The Morgan fingerprint density at radius 2 is 2.00 bits per heavy atom. The van der Waals surface area contributed by atoms with E-state index in [0.717, 1.165) is 18.5 Å². The van der Waals surface area contributed by atoms with E-state index >= 15 is 0 Å². The Kier molecular flexibility index (Phi) is 6.63. The number of anilines is 1. The summed E-state index contributed by atoms with van der Waals surface area (Å²) in [7, 11) is 0. The highest BCUT2D eigenvalue weighted by molar-refractivity contribution is 6.00. The summed E-state index contributed by atoms with van der Waals surface area (Å²) in [6, 6.07) is 9.75. The fourth-order valence-electron chi connectivity index (χ4n) is 3.05. The Morgan fingerprint density at radius 3 is 2.70 bits per heavy atom. The lowest BCUT2D eigenvalue weighted by Gasteiger charge is -2.18. The molecule has 1 fully saturated rings. The first-order chi connectivity index (χ1) is 11.1. The molecule has 0 spiro atoms. The highest BCUT2D eigenvalue weighted by atomic mass is 16.2. The van der Waals surface area contributed by atoms with Crippen LogP contribution in [-0.4, -0.2) is 24.4 Å². The molecule has 0 aliphatic carbocycles. The van der Waals surface area contributed by atoms with Crippen molar-refractivity contribution in [1.82, 2.24) is 5.32 Å². The Hall–Kier alpha value is -1.84. The molecule has 0 radical (unpaired) electrons. The van der Waals surface area contributed by atoms with E-state index in [9.17, 15) is 9.59 Å². The first-order valence-electron chi connectivity index (χ1n) is 8.77. The third-order valence-corrected chi connectivity index (χ3v) is 4.44. The Balaban J connectivity index is 1.81. The van der Waals surface area contributed by atoms with Gasteiger partial charge in [-0.05, 0) is 25.5 Å². The molecule has 126 valence electrons. The second-order valence-corrected chi connectivity index (χ2v) is 6.50. The third kappa shape index (κ3) is 5.08. The minimum Gasteiger partial charge on any atom is -0.353 e. The van der Waals surface area contributed by atoms with E-state index in [4.69, 9.17) is 0 Å². The number of carbonyl (C=O) groups is 2. The summed E-state index contributed by atoms with van der Waals surface area (Å²) in [6.45, 7) is 4.73. The van der Waals surface area contributed by atoms with E-state index in [-0.39, 0.29) is 23.8 Å². The minimum absolute atomic E-state index is 0.0137. The number of benzene rings is 1. The standard InChI is InChI=1S/C19H28N2O2/c1-3-4-5-7-10-15(2)20-19(23)16-13-18(22)21(14-16)17-11-8-6-9-12-17/h6,8-9,11-12,15-16H,3-5,7,10,13-14H2,1-2H3,(H,20,23). The Labute approximate surface area is 139 Å². The third-order valence-electron chi connectivity index (χ3n) is 4.44. The molecule has 1 aliphatic heterocycles. The number of nitrogens with one attached hydrogen (secondary N) is 1. The molecular weight excluding hydrogens is 288 g/mol. The van der Waals surface area contributed by atoms with Crippen molar-refractivity contribution in [2.24, 2.45) is 5.92 Å². The second-order valence-electron chi connectivity index (χ2n) is 6.50. The van der Waals surface area contributed by atoms with Crippen molar-refractivity contribution < 1.29 is 9.59 Å². The summed E-state index contributed by atoms with van der Waals surface area (Å²) in [5, 5.41) is 3.07. The number of hydrogen-bond acceptors (Lipinski definition) is 2. The fraction of sp³-hybridized carbons (Fsp3) is 0.579. The predicted octanol–water partition coefficient (Wildman–Crippen LogP) is 3.51. The van der Waals surface area contributed by atoms with Gasteiger partial charge in [0.25, 0.3) is 0 Å². The summed E-state index contributed by atoms with van der Waals surface area (Å²) in [5.41, 5.74) is 0.875. The quantitative estimate of drug-likeness (QED) is 0.746. The molecule has 0 saturated carbocycles. The number of nitrogens with zero attached hydrogens (tertiary/aromatic N) is 1. The number of carbonyl (C=O) groups excluding carboxylic acids is 2. The summed E-state index contributed by atoms with van der Waals surface area (Å²) in [4.78, 5) is 26.3. The van der Waals surface area contributed by atoms with Gasteiger partial charge >= 0.3 is 0 Å². The van der Waals surface area contributed by atoms with E-state index in [0.29, 0.717) is 13.0 Å². The van der Waals surface area contributed by atoms with Crippen LogP contribution in [0.4, 0.5) is 5.69 Å². The number of rotatable bonds is 8. The van der Waals surface area contributed by atoms with Gasteiger partial charge in [-0.15, -0.1) is 0 Å². The minimum atomic E-state index is -0.235. The molecule has 4 nitrogen and oxygen atoms in total. The average molecular weight is 316 g/mol. The van der Waals surface area contributed by atoms with E-state index in [1.54, 1.807) is 4.90 Å². The lowest BCUT2D eigenvalue weighted by atomic mass is 10.1. The molecule has 2 amide bonds. The smallest absolute Gasteiger partial charge is 0.227 e. The van der Waals surface area contributed by atoms with E-state index in [1.165, 1.54) is 19.3 Å². The van der Waals surface area contributed by atoms with Gasteiger partial charge in [-0.25, -0.2) is 0 Å². The van der Waals surface area contributed by atoms with Crippen molar-refractivity contribution in [3.8, 4) is 0 Å². The number of amides is 2. The van der Waals surface area contributed by atoms with Crippen molar-refractivity contribution in [2.75, 3.05) is 11.4 Å². The van der Waals surface area contributed by atoms with E-state index < -0.39 is 0 Å². The monoisotopic (exact) mass is 316 g/mol. The Morgan fingerprint density at radius 1 is 1.26 bits per heavy atom. The highest BCUT2D eigenvalue weighted by Gasteiger charge is 2.35. The molecule has 0 aromatic heterocycles. The van der Waals surface area contributed by atoms with Crippen molar-refractivity contribution in [1.29, 1.82) is 0 Å². The number of hydrogen-bond donors (Lipinski definition) is 1. The van der Waals surface area contributed by atoms with Crippen LogP contribution in [0.1, 0.15) is 52.4 Å². The molecule has 1 saturated heterocycles. The number of unbranched alkanes of at least 4 members (excludes halogenated alkanes) is 3. The van der Waals surface area contributed by atoms with E-state index in [1.807, 2.05) is 30.3 Å². The Bertz CT molecular complexity index is 515. The van der Waals surface area contributed by atoms with Crippen molar-refractivity contribution in [3.63, 3.8) is 0 Å². The van der Waals surface area contributed by atoms with Crippen LogP contribution in [-0.2, 0) is 9.59 Å². The van der Waals surface area contributed by atoms with Crippen LogP contribution < -0.4 is 10.2 Å². The van der Waals surface area contributed by atoms with Crippen LogP contribution in [0.15, 0.2) is 30.3 Å². The lowest BCUT2D eigenvalue weighted by Crippen LogP contribution is -2.38. The summed E-state index contributed by atoms with van der Waals surface area (Å²) in [6.07, 6.45) is 6.16. The van der Waals surface area contributed by atoms with E-state index in [2.05, 4.69) is 19.2 Å². The number of para-hydroxylation sites is 1. The van der Waals surface area contributed by atoms with Crippen molar-refractivity contribution >= 4 is 17.5 Å². The SMILES string of the molecule is CCCCCCC(C)NC(=O)C1CC(=O)N(c2ccccc2)C1. The summed E-state index contributed by atoms with van der Waals surface area (Å²) in [5.74, 6) is -0.187. The van der Waals surface area contributed by atoms with Gasteiger partial charge in [0.1, 0.15) is 0 Å². The largest absolute Gasteiger partial charge is 0.353 e. The first-order valence-corrected chi connectivity index (χ1v) is 8.77. The van der Waals surface area contributed by atoms with Crippen LogP contribution in [0.25, 0.3) is 0 Å². The molecule has 1 aromatic rings. The molecular formula is C19H28N2O2. The van der Waals surface area contributed by atoms with Crippen LogP contribution in [0.3, 0.4) is 0 Å². The van der Waals surface area contributed by atoms with Gasteiger partial charge in [0.2, 0.25) is 11.8 Å². The first kappa shape index (κ1) is 17.5. The zero-order valence-electron chi connectivity index (χ0n) is 14.3. The van der Waals surface area contributed by atoms with Gasteiger partial charge < -0.3 is 10.2 Å². The van der Waals surface area contributed by atoms with Gasteiger partial charge in [-0.2, -0.15) is 0 Å². The maximum Gasteiger partial charge on any atom is 0.227 e. The normalized spacial score (nSPS) is 19.0. The van der Waals surface area contributed by atoms with Gasteiger partial charge in [0.15, 0.2) is 0 Å². The topological polar surface area (TPSA) is 49.4 Å². The molecule has 2 unspecified atom stereocenters. The van der Waals surface area contributed by atoms with Crippen molar-refractivity contribution in [2.45, 2.75) is 58.4 Å². The predicted molar refractivity (Wildman–Crippen MR) is 93.3 cm³/mol. The maximum absolute atomic E-state index is 12.4. The maximum atomic E-state index is 12.4. The van der Waals surface area contributed by atoms with Crippen LogP contribution in [0.2, 0.25) is 0 Å². The van der Waals surface area contributed by atoms with Crippen molar-refractivity contribution in [3.05, 3.63) is 30.3 Å². The zero-order chi connectivity index (χ0) is 16.7. The van der Waals surface area contributed by atoms with Gasteiger partial charge in [-0.3, -0.25) is 9.59 Å². The molecule has 2 rings (SSSR count). The molecule has 1 aromatic carbocycles.